The Kier molecular flexibility index (Phi) is 7.46. The van der Waals surface area contributed by atoms with Gasteiger partial charge < -0.3 is 31.3 Å². The maximum atomic E-state index is 13.9. The second-order valence-corrected chi connectivity index (χ2v) is 12.1. The van der Waals surface area contributed by atoms with Crippen molar-refractivity contribution in [2.24, 2.45) is 17.6 Å². The number of halogens is 1. The number of carbonyl (C=O) groups is 3. The molecule has 0 aromatic heterocycles. The Morgan fingerprint density at radius 3 is 2.59 bits per heavy atom. The summed E-state index contributed by atoms with van der Waals surface area (Å²) in [5.74, 6) is -7.00. The first-order valence-electron chi connectivity index (χ1n) is 13.5. The number of primary amides is 1. The van der Waals surface area contributed by atoms with Crippen LogP contribution in [-0.4, -0.2) is 104 Å². The Labute approximate surface area is 241 Å². The van der Waals surface area contributed by atoms with Crippen LogP contribution >= 0.6 is 11.6 Å². The van der Waals surface area contributed by atoms with Crippen molar-refractivity contribution >= 4 is 34.8 Å². The van der Waals surface area contributed by atoms with E-state index in [1.54, 1.807) is 21.0 Å². The Hall–Kier alpha value is -3.00. The van der Waals surface area contributed by atoms with E-state index in [2.05, 4.69) is 10.2 Å². The van der Waals surface area contributed by atoms with Crippen molar-refractivity contribution < 1.29 is 39.9 Å². The monoisotopic (exact) mass is 590 g/mol. The van der Waals surface area contributed by atoms with Crippen LogP contribution in [0, 0.1) is 11.8 Å². The summed E-state index contributed by atoms with van der Waals surface area (Å²) < 4.78 is 0. The first kappa shape index (κ1) is 29.5. The number of benzene rings is 1. The topological polar surface area (TPSA) is 197 Å². The highest BCUT2D eigenvalue weighted by atomic mass is 35.5. The van der Waals surface area contributed by atoms with Crippen LogP contribution < -0.4 is 11.1 Å². The highest BCUT2D eigenvalue weighted by Crippen LogP contribution is 2.53. The van der Waals surface area contributed by atoms with Crippen molar-refractivity contribution in [2.45, 2.75) is 56.6 Å². The quantitative estimate of drug-likeness (QED) is 0.175. The second kappa shape index (κ2) is 10.4. The van der Waals surface area contributed by atoms with Gasteiger partial charge in [0.2, 0.25) is 5.78 Å². The van der Waals surface area contributed by atoms with Gasteiger partial charge in [-0.25, -0.2) is 0 Å². The molecule has 0 spiro atoms. The highest BCUT2D eigenvalue weighted by Gasteiger charge is 2.64. The average Bonchev–Trinajstić information content (AvgIpc) is 3.29. The molecule has 1 aromatic rings. The summed E-state index contributed by atoms with van der Waals surface area (Å²) in [4.78, 5) is 42.8. The van der Waals surface area contributed by atoms with E-state index in [-0.39, 0.29) is 35.8 Å². The minimum Gasteiger partial charge on any atom is -0.508 e. The lowest BCUT2D eigenvalue weighted by Gasteiger charge is -2.50. The van der Waals surface area contributed by atoms with Gasteiger partial charge in [-0.3, -0.25) is 29.5 Å². The number of rotatable bonds is 6. The number of likely N-dealkylation sites (tertiary alicyclic amines) is 1. The number of likely N-dealkylation sites (N-methyl/N-ethyl adjacent to an activating group) is 1. The molecule has 1 aliphatic heterocycles. The zero-order chi connectivity index (χ0) is 30.1. The predicted molar refractivity (Wildman–Crippen MR) is 148 cm³/mol. The van der Waals surface area contributed by atoms with Crippen LogP contribution in [0.4, 0.5) is 0 Å². The Balaban J connectivity index is 1.56. The molecule has 3 aliphatic carbocycles. The number of nitrogens with one attached hydrogen (secondary N) is 1. The van der Waals surface area contributed by atoms with Crippen LogP contribution in [0.25, 0.3) is 5.76 Å². The second-order valence-electron chi connectivity index (χ2n) is 11.7. The SMILES string of the molecule is CC(O)N[C@H]1CCN(Cc2cc(O)c3c(c2Cl)C[C@H]2C[C@H]4[C@H](N(C)C)C(=O)C(C(N)=O)=C(O)[C@@]4(O)C(=O)C2=C3O)C1. The van der Waals surface area contributed by atoms with E-state index in [0.717, 1.165) is 13.0 Å². The molecule has 6 atom stereocenters. The molecule has 12 nitrogen and oxygen atoms in total. The predicted octanol–water partition coefficient (Wildman–Crippen LogP) is 0.120. The summed E-state index contributed by atoms with van der Waals surface area (Å²) in [6, 6.07) is 0.383. The fourth-order valence-electron chi connectivity index (χ4n) is 7.16. The molecule has 1 heterocycles. The van der Waals surface area contributed by atoms with Crippen LogP contribution in [0.2, 0.25) is 5.02 Å². The Bertz CT molecular complexity index is 1410. The van der Waals surface area contributed by atoms with E-state index < -0.39 is 64.3 Å². The Morgan fingerprint density at radius 1 is 1.29 bits per heavy atom. The van der Waals surface area contributed by atoms with Gasteiger partial charge >= 0.3 is 0 Å². The summed E-state index contributed by atoms with van der Waals surface area (Å²) in [5, 5.41) is 58.0. The summed E-state index contributed by atoms with van der Waals surface area (Å²) in [5.41, 5.74) is 2.62. The number of Topliss-reactive ketones (excluding diaryl/α,β-unsaturated/α-hetero) is 2. The molecular formula is C28H35ClN4O8. The normalized spacial score (nSPS) is 30.9. The van der Waals surface area contributed by atoms with Crippen LogP contribution in [0.3, 0.4) is 0 Å². The number of phenolic OH excluding ortho intramolecular Hbond substituents is 1. The highest BCUT2D eigenvalue weighted by molar-refractivity contribution is 6.32. The lowest BCUT2D eigenvalue weighted by atomic mass is 9.57. The van der Waals surface area contributed by atoms with Crippen molar-refractivity contribution in [3.05, 3.63) is 44.7 Å². The molecule has 0 radical (unpaired) electrons. The lowest BCUT2D eigenvalue weighted by molar-refractivity contribution is -0.153. The maximum absolute atomic E-state index is 13.9. The molecule has 5 rings (SSSR count). The third-order valence-electron chi connectivity index (χ3n) is 8.87. The molecule has 1 aromatic carbocycles. The molecule has 8 N–H and O–H groups in total. The molecule has 1 unspecified atom stereocenters. The van der Waals surface area contributed by atoms with Crippen molar-refractivity contribution in [1.29, 1.82) is 0 Å². The van der Waals surface area contributed by atoms with Crippen LogP contribution in [0.15, 0.2) is 23.0 Å². The van der Waals surface area contributed by atoms with Gasteiger partial charge in [-0.1, -0.05) is 11.6 Å². The third-order valence-corrected chi connectivity index (χ3v) is 9.34. The third kappa shape index (κ3) is 4.53. The fraction of sp³-hybridized carbons (Fsp3) is 0.536. The molecule has 1 saturated heterocycles. The zero-order valence-corrected chi connectivity index (χ0v) is 23.8. The van der Waals surface area contributed by atoms with Crippen molar-refractivity contribution in [3.63, 3.8) is 0 Å². The number of nitrogens with zero attached hydrogens (tertiary/aromatic N) is 2. The fourth-order valence-corrected chi connectivity index (χ4v) is 7.44. The number of amides is 1. The number of fused-ring (bicyclic) bond motifs is 3. The molecule has 2 fully saturated rings. The number of ketones is 2. The molecular weight excluding hydrogens is 556 g/mol. The first-order valence-corrected chi connectivity index (χ1v) is 13.9. The molecule has 1 amide bonds. The van der Waals surface area contributed by atoms with Gasteiger partial charge in [0.25, 0.3) is 5.91 Å². The molecule has 222 valence electrons. The maximum Gasteiger partial charge on any atom is 0.255 e. The van der Waals surface area contributed by atoms with E-state index in [9.17, 15) is 39.9 Å². The summed E-state index contributed by atoms with van der Waals surface area (Å²) in [7, 11) is 3.10. The Morgan fingerprint density at radius 2 is 1.98 bits per heavy atom. The number of aliphatic hydroxyl groups is 4. The van der Waals surface area contributed by atoms with Gasteiger partial charge in [-0.15, -0.1) is 0 Å². The first-order chi connectivity index (χ1) is 19.2. The van der Waals surface area contributed by atoms with Gasteiger partial charge in [0.15, 0.2) is 11.4 Å². The van der Waals surface area contributed by atoms with E-state index in [1.165, 1.54) is 11.0 Å². The number of hydrogen-bond donors (Lipinski definition) is 7. The standard InChI is InChI=1S/C28H35ClN4O8/c1-11(34)31-14-4-5-33(10-14)9-13-8-17(35)19-15(21(13)29)6-12-7-16-22(32(2)3)24(37)20(27(30)40)26(39)28(16,41)25(38)18(12)23(19)36/h8,11-12,14,16,22,31,34-36,39,41H,4-7,9-10H2,1-3H3,(H2,30,40)/t11?,12-,14-,16-,22-,28-/m0/s1. The van der Waals surface area contributed by atoms with Crippen LogP contribution in [0.1, 0.15) is 36.5 Å². The van der Waals surface area contributed by atoms with E-state index in [4.69, 9.17) is 17.3 Å². The molecule has 13 heteroatoms. The number of hydrogen-bond acceptors (Lipinski definition) is 11. The molecule has 0 bridgehead atoms. The van der Waals surface area contributed by atoms with Gasteiger partial charge in [0, 0.05) is 42.2 Å². The van der Waals surface area contributed by atoms with Gasteiger partial charge in [-0.05, 0) is 63.4 Å². The van der Waals surface area contributed by atoms with E-state index in [1.807, 2.05) is 0 Å². The van der Waals surface area contributed by atoms with Gasteiger partial charge in [-0.2, -0.15) is 0 Å². The van der Waals surface area contributed by atoms with Gasteiger partial charge in [0.1, 0.15) is 29.1 Å². The van der Waals surface area contributed by atoms with Gasteiger partial charge in [0.05, 0.1) is 11.6 Å². The minimum absolute atomic E-state index is 0.00804. The molecule has 4 aliphatic rings. The summed E-state index contributed by atoms with van der Waals surface area (Å²) in [6.45, 7) is 3.47. The molecule has 1 saturated carbocycles. The summed E-state index contributed by atoms with van der Waals surface area (Å²) in [6.07, 6.45) is 0.306. The number of aliphatic hydroxyl groups excluding tert-OH is 3. The van der Waals surface area contributed by atoms with Crippen molar-refractivity contribution in [3.8, 4) is 5.75 Å². The lowest BCUT2D eigenvalue weighted by Crippen LogP contribution is -2.65. The average molecular weight is 591 g/mol. The summed E-state index contributed by atoms with van der Waals surface area (Å²) >= 11 is 6.85. The van der Waals surface area contributed by atoms with Crippen molar-refractivity contribution in [2.75, 3.05) is 27.2 Å². The largest absolute Gasteiger partial charge is 0.508 e. The number of nitrogens with two attached hydrogens (primary N) is 1. The molecule has 41 heavy (non-hydrogen) atoms. The van der Waals surface area contributed by atoms with E-state index in [0.29, 0.717) is 29.2 Å². The number of aromatic hydroxyl groups is 1. The van der Waals surface area contributed by atoms with E-state index >= 15 is 0 Å². The minimum atomic E-state index is -2.68. The van der Waals surface area contributed by atoms with Crippen molar-refractivity contribution in [1.82, 2.24) is 15.1 Å². The smallest absolute Gasteiger partial charge is 0.255 e. The zero-order valence-electron chi connectivity index (χ0n) is 23.0. The van der Waals surface area contributed by atoms with Crippen LogP contribution in [0.5, 0.6) is 5.75 Å². The number of phenols is 1. The van der Waals surface area contributed by atoms with Crippen LogP contribution in [-0.2, 0) is 27.3 Å². The number of carbonyl (C=O) groups excluding carboxylic acids is 3.